The van der Waals surface area contributed by atoms with Gasteiger partial charge in [0.2, 0.25) is 11.8 Å². The molecule has 0 saturated heterocycles. The fourth-order valence-corrected chi connectivity index (χ4v) is 4.13. The number of allylic oxidation sites excluding steroid dienone is 1. The first-order chi connectivity index (χ1) is 15.8. The maximum absolute atomic E-state index is 13.1. The van der Waals surface area contributed by atoms with Gasteiger partial charge in [0.05, 0.1) is 16.2 Å². The topological polar surface area (TPSA) is 99.1 Å². The Balaban J connectivity index is 2.40. The Morgan fingerprint density at radius 3 is 2.70 bits per heavy atom. The van der Waals surface area contributed by atoms with Crippen LogP contribution in [0.5, 0.6) is 5.75 Å². The van der Waals surface area contributed by atoms with Gasteiger partial charge in [0.15, 0.2) is 0 Å². The van der Waals surface area contributed by atoms with Crippen LogP contribution >= 0.6 is 22.6 Å². The number of aliphatic hydroxyl groups excluding tert-OH is 2. The van der Waals surface area contributed by atoms with Crippen molar-refractivity contribution in [3.05, 3.63) is 51.6 Å². The van der Waals surface area contributed by atoms with Crippen LogP contribution in [0.3, 0.4) is 0 Å². The summed E-state index contributed by atoms with van der Waals surface area (Å²) in [6.07, 6.45) is 4.84. The van der Waals surface area contributed by atoms with Crippen LogP contribution in [-0.4, -0.2) is 64.9 Å². The van der Waals surface area contributed by atoms with Crippen LogP contribution in [0.4, 0.5) is 0 Å². The largest absolute Gasteiger partial charge is 0.482 e. The molecule has 3 atom stereocenters. The zero-order chi connectivity index (χ0) is 24.4. The number of carbonyl (C=O) groups is 2. The van der Waals surface area contributed by atoms with E-state index in [2.05, 4.69) is 41.8 Å². The number of hydrogen-bond donors (Lipinski definition) is 3. The first kappa shape index (κ1) is 27.3. The van der Waals surface area contributed by atoms with Gasteiger partial charge in [-0.1, -0.05) is 39.0 Å². The minimum atomic E-state index is -1.01. The molecule has 182 valence electrons. The van der Waals surface area contributed by atoms with Gasteiger partial charge in [-0.25, -0.2) is 0 Å². The summed E-state index contributed by atoms with van der Waals surface area (Å²) in [5.74, 6) is 0.446. The summed E-state index contributed by atoms with van der Waals surface area (Å²) in [4.78, 5) is 27.5. The minimum Gasteiger partial charge on any atom is -0.482 e. The van der Waals surface area contributed by atoms with Crippen molar-refractivity contribution in [3.63, 3.8) is 0 Å². The average Bonchev–Trinajstić information content (AvgIpc) is 2.79. The standard InChI is InChI=1S/C25H35IN2O5/c1-4-5-10-23(30)28(13-11-17(2)3)20-15-18(25(32)27-12-14-29)16-22(24(20)31)33-21-9-7-6-8-19(21)26/h5-10,16-17,20,22,24,29,31H,4,11-15H2,1-3H3,(H,27,32)/t20-,22+,24+/m1/s1. The summed E-state index contributed by atoms with van der Waals surface area (Å²) in [5.41, 5.74) is 0.427. The summed E-state index contributed by atoms with van der Waals surface area (Å²) in [6.45, 7) is 6.54. The number of amides is 2. The zero-order valence-electron chi connectivity index (χ0n) is 19.5. The quantitative estimate of drug-likeness (QED) is 0.281. The molecule has 2 rings (SSSR count). The second-order valence-electron chi connectivity index (χ2n) is 8.47. The van der Waals surface area contributed by atoms with Gasteiger partial charge in [0.1, 0.15) is 18.0 Å². The molecule has 0 aromatic heterocycles. The van der Waals surface area contributed by atoms with E-state index in [-0.39, 0.29) is 31.4 Å². The number of carbonyl (C=O) groups excluding carboxylic acids is 2. The van der Waals surface area contributed by atoms with Crippen molar-refractivity contribution in [3.8, 4) is 5.75 Å². The lowest BCUT2D eigenvalue weighted by atomic mass is 9.87. The molecule has 0 spiro atoms. The number of nitrogens with zero attached hydrogens (tertiary/aromatic N) is 1. The molecule has 33 heavy (non-hydrogen) atoms. The molecule has 0 heterocycles. The van der Waals surface area contributed by atoms with E-state index in [0.717, 1.165) is 16.4 Å². The van der Waals surface area contributed by atoms with Crippen molar-refractivity contribution in [2.45, 2.75) is 58.3 Å². The van der Waals surface area contributed by atoms with E-state index in [1.165, 1.54) is 6.08 Å². The minimum absolute atomic E-state index is 0.126. The van der Waals surface area contributed by atoms with Gasteiger partial charge >= 0.3 is 0 Å². The Morgan fingerprint density at radius 1 is 1.33 bits per heavy atom. The van der Waals surface area contributed by atoms with Crippen molar-refractivity contribution < 1.29 is 24.5 Å². The Bertz CT molecular complexity index is 855. The molecule has 0 aliphatic heterocycles. The van der Waals surface area contributed by atoms with Crippen LogP contribution < -0.4 is 10.1 Å². The zero-order valence-corrected chi connectivity index (χ0v) is 21.7. The SMILES string of the molecule is CCC=CC(=O)N(CCC(C)C)[C@@H]1CC(C(=O)NCCO)=C[C@H](Oc2ccccc2I)[C@H]1O. The van der Waals surface area contributed by atoms with Gasteiger partial charge in [0.25, 0.3) is 0 Å². The molecule has 1 aliphatic carbocycles. The third-order valence-electron chi connectivity index (χ3n) is 5.44. The van der Waals surface area contributed by atoms with E-state index in [1.807, 2.05) is 31.2 Å². The van der Waals surface area contributed by atoms with Crippen molar-refractivity contribution >= 4 is 34.4 Å². The molecular weight excluding hydrogens is 535 g/mol. The Hall–Kier alpha value is -1.91. The highest BCUT2D eigenvalue weighted by Gasteiger charge is 2.40. The Labute approximate surface area is 210 Å². The highest BCUT2D eigenvalue weighted by Crippen LogP contribution is 2.30. The molecule has 0 bridgehead atoms. The molecule has 2 amide bonds. The van der Waals surface area contributed by atoms with Crippen LogP contribution in [0, 0.1) is 9.49 Å². The van der Waals surface area contributed by atoms with Gasteiger partial charge in [-0.2, -0.15) is 0 Å². The van der Waals surface area contributed by atoms with Crippen LogP contribution in [-0.2, 0) is 9.59 Å². The summed E-state index contributed by atoms with van der Waals surface area (Å²) < 4.78 is 7.01. The molecule has 7 nitrogen and oxygen atoms in total. The number of para-hydroxylation sites is 1. The maximum Gasteiger partial charge on any atom is 0.247 e. The molecule has 1 aliphatic rings. The Kier molecular flexibility index (Phi) is 11.4. The van der Waals surface area contributed by atoms with Gasteiger partial charge in [0, 0.05) is 25.1 Å². The van der Waals surface area contributed by atoms with Crippen LogP contribution in [0.15, 0.2) is 48.1 Å². The molecular formula is C25H35IN2O5. The molecule has 0 saturated carbocycles. The number of benzene rings is 1. The summed E-state index contributed by atoms with van der Waals surface area (Å²) in [7, 11) is 0. The number of rotatable bonds is 11. The van der Waals surface area contributed by atoms with E-state index < -0.39 is 18.2 Å². The van der Waals surface area contributed by atoms with E-state index in [9.17, 15) is 14.7 Å². The van der Waals surface area contributed by atoms with Gasteiger partial charge < -0.3 is 25.2 Å². The summed E-state index contributed by atoms with van der Waals surface area (Å²) >= 11 is 2.16. The van der Waals surface area contributed by atoms with E-state index in [4.69, 9.17) is 9.84 Å². The van der Waals surface area contributed by atoms with Crippen LogP contribution in [0.1, 0.15) is 40.0 Å². The third-order valence-corrected chi connectivity index (χ3v) is 6.33. The second-order valence-corrected chi connectivity index (χ2v) is 9.63. The van der Waals surface area contributed by atoms with Gasteiger partial charge in [-0.3, -0.25) is 9.59 Å². The third kappa shape index (κ3) is 8.12. The molecule has 1 aromatic rings. The predicted molar refractivity (Wildman–Crippen MR) is 137 cm³/mol. The van der Waals surface area contributed by atoms with Crippen molar-refractivity contribution in [2.75, 3.05) is 19.7 Å². The van der Waals surface area contributed by atoms with E-state index >= 15 is 0 Å². The molecule has 0 unspecified atom stereocenters. The molecule has 0 fully saturated rings. The number of nitrogens with one attached hydrogen (secondary N) is 1. The van der Waals surface area contributed by atoms with Crippen molar-refractivity contribution in [1.29, 1.82) is 0 Å². The van der Waals surface area contributed by atoms with Crippen molar-refractivity contribution in [1.82, 2.24) is 10.2 Å². The number of halogens is 1. The fraction of sp³-hybridized carbons (Fsp3) is 0.520. The summed E-state index contributed by atoms with van der Waals surface area (Å²) in [6, 6.07) is 6.82. The predicted octanol–water partition coefficient (Wildman–Crippen LogP) is 3.05. The monoisotopic (exact) mass is 570 g/mol. The average molecular weight is 570 g/mol. The molecule has 3 N–H and O–H groups in total. The van der Waals surface area contributed by atoms with E-state index in [0.29, 0.717) is 23.8 Å². The smallest absolute Gasteiger partial charge is 0.247 e. The number of ether oxygens (including phenoxy) is 1. The normalized spacial score (nSPS) is 20.6. The Morgan fingerprint density at radius 2 is 2.06 bits per heavy atom. The fourth-order valence-electron chi connectivity index (χ4n) is 3.62. The summed E-state index contributed by atoms with van der Waals surface area (Å²) in [5, 5.41) is 23.1. The molecule has 0 radical (unpaired) electrons. The maximum atomic E-state index is 13.1. The lowest BCUT2D eigenvalue weighted by molar-refractivity contribution is -0.133. The highest BCUT2D eigenvalue weighted by molar-refractivity contribution is 14.1. The number of aliphatic hydroxyl groups is 2. The van der Waals surface area contributed by atoms with Gasteiger partial charge in [-0.15, -0.1) is 0 Å². The van der Waals surface area contributed by atoms with Crippen LogP contribution in [0.25, 0.3) is 0 Å². The molecule has 1 aromatic carbocycles. The second kappa shape index (κ2) is 13.7. The van der Waals surface area contributed by atoms with Crippen molar-refractivity contribution in [2.24, 2.45) is 5.92 Å². The number of hydrogen-bond acceptors (Lipinski definition) is 5. The lowest BCUT2D eigenvalue weighted by Crippen LogP contribution is -2.55. The lowest BCUT2D eigenvalue weighted by Gasteiger charge is -2.40. The van der Waals surface area contributed by atoms with E-state index in [1.54, 1.807) is 17.1 Å². The first-order valence-electron chi connectivity index (χ1n) is 11.4. The molecule has 8 heteroatoms. The van der Waals surface area contributed by atoms with Crippen LogP contribution in [0.2, 0.25) is 0 Å². The highest BCUT2D eigenvalue weighted by atomic mass is 127. The first-order valence-corrected chi connectivity index (χ1v) is 12.5. The van der Waals surface area contributed by atoms with Gasteiger partial charge in [-0.05, 0) is 65.6 Å².